The second-order valence-electron chi connectivity index (χ2n) is 5.64. The van der Waals surface area contributed by atoms with Crippen LogP contribution in [0.1, 0.15) is 18.1 Å². The van der Waals surface area contributed by atoms with Crippen LogP contribution in [-0.2, 0) is 5.92 Å². The molecule has 2 nitrogen and oxygen atoms in total. The quantitative estimate of drug-likeness (QED) is 0.649. The van der Waals surface area contributed by atoms with Gasteiger partial charge in [-0.3, -0.25) is 4.98 Å². The van der Waals surface area contributed by atoms with Crippen LogP contribution in [0.5, 0.6) is 0 Å². The second kappa shape index (κ2) is 5.26. The van der Waals surface area contributed by atoms with Crippen molar-refractivity contribution in [2.75, 3.05) is 0 Å². The lowest BCUT2D eigenvalue weighted by atomic mass is 9.97. The molecule has 2 aromatic heterocycles. The lowest BCUT2D eigenvalue weighted by Gasteiger charge is -2.18. The first-order valence-corrected chi connectivity index (χ1v) is 7.08. The van der Waals surface area contributed by atoms with E-state index in [0.717, 1.165) is 28.7 Å². The maximum atomic E-state index is 14.1. The molecule has 0 amide bonds. The maximum absolute atomic E-state index is 14.1. The van der Waals surface area contributed by atoms with E-state index >= 15 is 0 Å². The predicted octanol–water partition coefficient (Wildman–Crippen LogP) is 5.35. The number of hydrogen-bond acceptors (Lipinski definition) is 1. The first kappa shape index (κ1) is 15.3. The number of fused-ring (bicyclic) bond motifs is 1. The maximum Gasteiger partial charge on any atom is 0.296 e. The molecule has 0 saturated heterocycles. The third-order valence-electron chi connectivity index (χ3n) is 3.88. The van der Waals surface area contributed by atoms with E-state index < -0.39 is 22.9 Å². The molecule has 1 aromatic carbocycles. The molecule has 0 spiro atoms. The van der Waals surface area contributed by atoms with Gasteiger partial charge in [0.1, 0.15) is 5.82 Å². The number of nitrogens with one attached hydrogen (secondary N) is 1. The Bertz CT molecular complexity index is 910. The number of pyridine rings is 1. The zero-order chi connectivity index (χ0) is 16.8. The van der Waals surface area contributed by atoms with E-state index in [9.17, 15) is 13.2 Å². The third-order valence-corrected chi connectivity index (χ3v) is 3.88. The summed E-state index contributed by atoms with van der Waals surface area (Å²) in [5.74, 6) is -4.37. The zero-order valence-electron chi connectivity index (χ0n) is 12.8. The van der Waals surface area contributed by atoms with Gasteiger partial charge in [0.25, 0.3) is 5.92 Å². The van der Waals surface area contributed by atoms with E-state index in [1.54, 1.807) is 6.20 Å². The molecular weight excluding hydrogens is 301 g/mol. The fraction of sp³-hybridized carbons (Fsp3) is 0.167. The number of benzene rings is 1. The zero-order valence-corrected chi connectivity index (χ0v) is 12.8. The van der Waals surface area contributed by atoms with Crippen LogP contribution in [0, 0.1) is 12.7 Å². The van der Waals surface area contributed by atoms with Crippen LogP contribution in [0.3, 0.4) is 0 Å². The van der Waals surface area contributed by atoms with E-state index in [1.165, 1.54) is 13.0 Å². The number of nitrogens with zero attached hydrogens (tertiary/aromatic N) is 1. The highest BCUT2D eigenvalue weighted by Crippen LogP contribution is 2.38. The molecule has 0 radical (unpaired) electrons. The number of H-pyrrole nitrogens is 1. The Morgan fingerprint density at radius 2 is 1.96 bits per heavy atom. The van der Waals surface area contributed by atoms with Crippen molar-refractivity contribution in [1.29, 1.82) is 0 Å². The largest absolute Gasteiger partial charge is 0.360 e. The Morgan fingerprint density at radius 3 is 2.65 bits per heavy atom. The molecule has 0 aliphatic carbocycles. The Hall–Kier alpha value is -2.56. The number of allylic oxidation sites excluding steroid dienone is 1. The summed E-state index contributed by atoms with van der Waals surface area (Å²) in [5, 5.41) is 0. The summed E-state index contributed by atoms with van der Waals surface area (Å²) < 4.78 is 42.1. The highest BCUT2D eigenvalue weighted by Gasteiger charge is 2.35. The van der Waals surface area contributed by atoms with Gasteiger partial charge in [0, 0.05) is 18.0 Å². The summed E-state index contributed by atoms with van der Waals surface area (Å²) >= 11 is 0. The van der Waals surface area contributed by atoms with Gasteiger partial charge < -0.3 is 4.98 Å². The van der Waals surface area contributed by atoms with Crippen LogP contribution in [0.4, 0.5) is 13.2 Å². The summed E-state index contributed by atoms with van der Waals surface area (Å²) in [5.41, 5.74) is 2.66. The number of hydrogen-bond donors (Lipinski definition) is 1. The summed E-state index contributed by atoms with van der Waals surface area (Å²) in [4.78, 5) is 7.41. The van der Waals surface area contributed by atoms with Crippen LogP contribution in [-0.4, -0.2) is 9.97 Å². The van der Waals surface area contributed by atoms with E-state index in [-0.39, 0.29) is 0 Å². The van der Waals surface area contributed by atoms with Crippen molar-refractivity contribution in [3.05, 3.63) is 65.8 Å². The Morgan fingerprint density at radius 1 is 1.22 bits per heavy atom. The molecule has 0 aliphatic heterocycles. The fourth-order valence-electron chi connectivity index (χ4n) is 2.48. The molecule has 0 fully saturated rings. The van der Waals surface area contributed by atoms with Crippen LogP contribution < -0.4 is 0 Å². The van der Waals surface area contributed by atoms with Crippen LogP contribution in [0.15, 0.2) is 48.8 Å². The Labute approximate surface area is 131 Å². The molecule has 3 aromatic rings. The molecular formula is C18H15F3N2. The minimum absolute atomic E-state index is 0.401. The van der Waals surface area contributed by atoms with Crippen LogP contribution in [0.25, 0.3) is 22.2 Å². The minimum Gasteiger partial charge on any atom is -0.360 e. The number of alkyl halides is 2. The van der Waals surface area contributed by atoms with Gasteiger partial charge in [-0.2, -0.15) is 8.78 Å². The number of rotatable bonds is 3. The van der Waals surface area contributed by atoms with Crippen LogP contribution in [0.2, 0.25) is 0 Å². The van der Waals surface area contributed by atoms with E-state index in [2.05, 4.69) is 16.5 Å². The van der Waals surface area contributed by atoms with Crippen molar-refractivity contribution >= 4 is 11.0 Å². The third kappa shape index (κ3) is 2.52. The monoisotopic (exact) mass is 316 g/mol. The smallest absolute Gasteiger partial charge is 0.296 e. The summed E-state index contributed by atoms with van der Waals surface area (Å²) in [6, 6.07) is 5.48. The molecule has 1 N–H and O–H groups in total. The summed E-state index contributed by atoms with van der Waals surface area (Å²) in [6.45, 7) is 6.36. The molecule has 0 unspecified atom stereocenters. The lowest BCUT2D eigenvalue weighted by molar-refractivity contribution is 0.0347. The van der Waals surface area contributed by atoms with Crippen molar-refractivity contribution in [2.45, 2.75) is 19.8 Å². The minimum atomic E-state index is -3.42. The molecule has 118 valence electrons. The molecule has 23 heavy (non-hydrogen) atoms. The van der Waals surface area contributed by atoms with E-state index in [4.69, 9.17) is 0 Å². The Kier molecular flexibility index (Phi) is 3.51. The van der Waals surface area contributed by atoms with Gasteiger partial charge in [0.2, 0.25) is 0 Å². The number of halogens is 3. The van der Waals surface area contributed by atoms with Crippen LogP contribution >= 0.6 is 0 Å². The number of aromatic amines is 1. The van der Waals surface area contributed by atoms with Crippen molar-refractivity contribution in [2.24, 2.45) is 0 Å². The van der Waals surface area contributed by atoms with E-state index in [0.29, 0.717) is 11.1 Å². The van der Waals surface area contributed by atoms with Crippen molar-refractivity contribution in [1.82, 2.24) is 9.97 Å². The Balaban J connectivity index is 2.14. The molecule has 0 atom stereocenters. The number of aryl methyl sites for hydroxylation is 1. The van der Waals surface area contributed by atoms with Crippen molar-refractivity contribution in [3.63, 3.8) is 0 Å². The van der Waals surface area contributed by atoms with Crippen molar-refractivity contribution < 1.29 is 13.2 Å². The van der Waals surface area contributed by atoms with Gasteiger partial charge in [0.05, 0.1) is 16.6 Å². The normalized spacial score (nSPS) is 11.9. The number of aromatic nitrogens is 2. The van der Waals surface area contributed by atoms with Gasteiger partial charge in [-0.25, -0.2) is 4.39 Å². The average Bonchev–Trinajstić information content (AvgIpc) is 2.88. The molecule has 3 rings (SSSR count). The first-order chi connectivity index (χ1) is 10.8. The molecule has 5 heteroatoms. The summed E-state index contributed by atoms with van der Waals surface area (Å²) in [6.07, 6.45) is 3.42. The molecule has 0 saturated carbocycles. The lowest BCUT2D eigenvalue weighted by Crippen LogP contribution is -2.16. The topological polar surface area (TPSA) is 28.7 Å². The summed E-state index contributed by atoms with van der Waals surface area (Å²) in [7, 11) is 0. The van der Waals surface area contributed by atoms with E-state index in [1.807, 2.05) is 19.2 Å². The van der Waals surface area contributed by atoms with Gasteiger partial charge in [-0.1, -0.05) is 12.6 Å². The van der Waals surface area contributed by atoms with Crippen molar-refractivity contribution in [3.8, 4) is 11.1 Å². The second-order valence-corrected chi connectivity index (χ2v) is 5.64. The SMILES string of the molecule is C=C(C)C(F)(F)c1cc(-c2cnc3c(C)c[nH]c3c2)ccc1F. The van der Waals surface area contributed by atoms with Gasteiger partial charge in [-0.05, 0) is 48.7 Å². The standard InChI is InChI=1S/C18H15F3N2/c1-10(2)18(20,21)14-6-12(4-5-15(14)19)13-7-16-17(23-9-13)11(3)8-22-16/h4-9,22H,1H2,2-3H3. The molecule has 0 bridgehead atoms. The predicted molar refractivity (Wildman–Crippen MR) is 84.9 cm³/mol. The first-order valence-electron chi connectivity index (χ1n) is 7.08. The van der Waals surface area contributed by atoms with Gasteiger partial charge in [0.15, 0.2) is 0 Å². The highest BCUT2D eigenvalue weighted by molar-refractivity contribution is 5.83. The molecule has 2 heterocycles. The van der Waals surface area contributed by atoms with Gasteiger partial charge >= 0.3 is 0 Å². The average molecular weight is 316 g/mol. The molecule has 0 aliphatic rings. The fourth-order valence-corrected chi connectivity index (χ4v) is 2.48. The van der Waals surface area contributed by atoms with Gasteiger partial charge in [-0.15, -0.1) is 0 Å². The highest BCUT2D eigenvalue weighted by atomic mass is 19.3.